The van der Waals surface area contributed by atoms with Crippen LogP contribution in [0.2, 0.25) is 0 Å². The highest BCUT2D eigenvalue weighted by Crippen LogP contribution is 2.14. The van der Waals surface area contributed by atoms with Crippen molar-refractivity contribution >= 4 is 5.91 Å². The number of carbonyl (C=O) groups excluding carboxylic acids is 1. The zero-order valence-electron chi connectivity index (χ0n) is 9.55. The maximum atomic E-state index is 11.3. The molecule has 1 atom stereocenters. The van der Waals surface area contributed by atoms with Crippen LogP contribution >= 0.6 is 0 Å². The first-order valence-electron chi connectivity index (χ1n) is 5.86. The van der Waals surface area contributed by atoms with Crippen molar-refractivity contribution in [2.24, 2.45) is 0 Å². The summed E-state index contributed by atoms with van der Waals surface area (Å²) in [6.45, 7) is 2.54. The molecule has 0 bridgehead atoms. The molecule has 0 radical (unpaired) electrons. The van der Waals surface area contributed by atoms with Crippen LogP contribution in [0.25, 0.3) is 0 Å². The fourth-order valence-corrected chi connectivity index (χ4v) is 1.76. The van der Waals surface area contributed by atoms with E-state index in [1.165, 1.54) is 6.42 Å². The summed E-state index contributed by atoms with van der Waals surface area (Å²) < 4.78 is 5.47. The van der Waals surface area contributed by atoms with Crippen LogP contribution in [-0.4, -0.2) is 38.8 Å². The smallest absolute Gasteiger partial charge is 0.220 e. The van der Waals surface area contributed by atoms with Crippen LogP contribution in [0.3, 0.4) is 0 Å². The van der Waals surface area contributed by atoms with Crippen LogP contribution in [0.4, 0.5) is 0 Å². The van der Waals surface area contributed by atoms with E-state index in [-0.39, 0.29) is 5.91 Å². The Labute approximate surface area is 91.8 Å². The molecule has 1 aliphatic heterocycles. The number of hydrogen-bond acceptors (Lipinski definition) is 3. The number of carbonyl (C=O) groups is 1. The van der Waals surface area contributed by atoms with E-state index in [4.69, 9.17) is 4.74 Å². The molecule has 1 fully saturated rings. The standard InChI is InChI=1S/C11H22N2O2/c1-12-7-2-5-11(14)13-8-6-10-4-3-9-15-10/h10,12H,2-9H2,1H3,(H,13,14). The normalized spacial score (nSPS) is 20.5. The Hall–Kier alpha value is -0.610. The molecule has 0 saturated carbocycles. The fraction of sp³-hybridized carbons (Fsp3) is 0.909. The van der Waals surface area contributed by atoms with Gasteiger partial charge in [-0.25, -0.2) is 0 Å². The third-order valence-corrected chi connectivity index (χ3v) is 2.64. The van der Waals surface area contributed by atoms with Crippen molar-refractivity contribution in [3.05, 3.63) is 0 Å². The van der Waals surface area contributed by atoms with Crippen molar-refractivity contribution in [2.75, 3.05) is 26.7 Å². The third kappa shape index (κ3) is 5.74. The highest BCUT2D eigenvalue weighted by atomic mass is 16.5. The number of ether oxygens (including phenoxy) is 1. The second kappa shape index (κ2) is 7.65. The van der Waals surface area contributed by atoms with Gasteiger partial charge in [-0.3, -0.25) is 4.79 Å². The monoisotopic (exact) mass is 214 g/mol. The third-order valence-electron chi connectivity index (χ3n) is 2.64. The molecule has 1 saturated heterocycles. The van der Waals surface area contributed by atoms with Crippen molar-refractivity contribution in [2.45, 2.75) is 38.2 Å². The molecule has 15 heavy (non-hydrogen) atoms. The molecular weight excluding hydrogens is 192 g/mol. The summed E-state index contributed by atoms with van der Waals surface area (Å²) in [6, 6.07) is 0. The van der Waals surface area contributed by atoms with E-state index >= 15 is 0 Å². The van der Waals surface area contributed by atoms with Crippen molar-refractivity contribution in [3.8, 4) is 0 Å². The van der Waals surface area contributed by atoms with E-state index in [1.54, 1.807) is 0 Å². The average molecular weight is 214 g/mol. The number of nitrogens with one attached hydrogen (secondary N) is 2. The molecule has 1 aliphatic rings. The van der Waals surface area contributed by atoms with Crippen LogP contribution in [0, 0.1) is 0 Å². The van der Waals surface area contributed by atoms with E-state index in [2.05, 4.69) is 10.6 Å². The van der Waals surface area contributed by atoms with Crippen molar-refractivity contribution in [1.29, 1.82) is 0 Å². The van der Waals surface area contributed by atoms with E-state index in [1.807, 2.05) is 7.05 Å². The molecule has 88 valence electrons. The zero-order chi connectivity index (χ0) is 10.9. The van der Waals surface area contributed by atoms with Gasteiger partial charge in [-0.05, 0) is 39.3 Å². The average Bonchev–Trinajstić information content (AvgIpc) is 2.71. The molecule has 4 heteroatoms. The Balaban J connectivity index is 1.91. The van der Waals surface area contributed by atoms with Gasteiger partial charge < -0.3 is 15.4 Å². The van der Waals surface area contributed by atoms with Crippen LogP contribution in [-0.2, 0) is 9.53 Å². The lowest BCUT2D eigenvalue weighted by molar-refractivity contribution is -0.121. The summed E-state index contributed by atoms with van der Waals surface area (Å²) in [7, 11) is 1.90. The van der Waals surface area contributed by atoms with Gasteiger partial charge >= 0.3 is 0 Å². The number of rotatable bonds is 7. The molecule has 0 aromatic rings. The first kappa shape index (κ1) is 12.5. The maximum absolute atomic E-state index is 11.3. The van der Waals surface area contributed by atoms with Crippen LogP contribution in [0.5, 0.6) is 0 Å². The lowest BCUT2D eigenvalue weighted by Crippen LogP contribution is -2.27. The van der Waals surface area contributed by atoms with Gasteiger partial charge in [0.2, 0.25) is 5.91 Å². The van der Waals surface area contributed by atoms with Gasteiger partial charge in [-0.1, -0.05) is 0 Å². The highest BCUT2D eigenvalue weighted by molar-refractivity contribution is 5.75. The summed E-state index contributed by atoms with van der Waals surface area (Å²) in [5.41, 5.74) is 0. The van der Waals surface area contributed by atoms with Crippen LogP contribution < -0.4 is 10.6 Å². The summed E-state index contributed by atoms with van der Waals surface area (Å²) in [5.74, 6) is 0.156. The lowest BCUT2D eigenvalue weighted by atomic mass is 10.2. The summed E-state index contributed by atoms with van der Waals surface area (Å²) in [6.07, 6.45) is 5.17. The summed E-state index contributed by atoms with van der Waals surface area (Å²) >= 11 is 0. The van der Waals surface area contributed by atoms with E-state index in [0.717, 1.165) is 39.0 Å². The van der Waals surface area contributed by atoms with Gasteiger partial charge in [0.1, 0.15) is 0 Å². The molecule has 0 aliphatic carbocycles. The second-order valence-corrected chi connectivity index (χ2v) is 3.98. The van der Waals surface area contributed by atoms with Gasteiger partial charge in [0.15, 0.2) is 0 Å². The molecular formula is C11H22N2O2. The predicted octanol–water partition coefficient (Wildman–Crippen LogP) is 0.671. The maximum Gasteiger partial charge on any atom is 0.220 e. The lowest BCUT2D eigenvalue weighted by Gasteiger charge is -2.09. The summed E-state index contributed by atoms with van der Waals surface area (Å²) in [5, 5.41) is 5.95. The highest BCUT2D eigenvalue weighted by Gasteiger charge is 2.14. The van der Waals surface area contributed by atoms with Gasteiger partial charge in [0, 0.05) is 19.6 Å². The Kier molecular flexibility index (Phi) is 6.36. The van der Waals surface area contributed by atoms with Crippen LogP contribution in [0.1, 0.15) is 32.1 Å². The van der Waals surface area contributed by atoms with E-state index in [0.29, 0.717) is 12.5 Å². The first-order chi connectivity index (χ1) is 7.33. The molecule has 1 rings (SSSR count). The Morgan fingerprint density at radius 2 is 2.33 bits per heavy atom. The van der Waals surface area contributed by atoms with E-state index in [9.17, 15) is 4.79 Å². The van der Waals surface area contributed by atoms with Gasteiger partial charge in [0.25, 0.3) is 0 Å². The number of amides is 1. The quantitative estimate of drug-likeness (QED) is 0.612. The first-order valence-corrected chi connectivity index (χ1v) is 5.86. The minimum absolute atomic E-state index is 0.156. The fourth-order valence-electron chi connectivity index (χ4n) is 1.76. The van der Waals surface area contributed by atoms with E-state index < -0.39 is 0 Å². The minimum atomic E-state index is 0.156. The SMILES string of the molecule is CNCCCC(=O)NCCC1CCCO1. The molecule has 1 unspecified atom stereocenters. The Morgan fingerprint density at radius 3 is 3.00 bits per heavy atom. The molecule has 2 N–H and O–H groups in total. The molecule has 0 aromatic carbocycles. The predicted molar refractivity (Wildman–Crippen MR) is 59.8 cm³/mol. The summed E-state index contributed by atoms with van der Waals surface area (Å²) in [4.78, 5) is 11.3. The zero-order valence-corrected chi connectivity index (χ0v) is 9.55. The molecule has 4 nitrogen and oxygen atoms in total. The van der Waals surface area contributed by atoms with Crippen molar-refractivity contribution in [1.82, 2.24) is 10.6 Å². The minimum Gasteiger partial charge on any atom is -0.378 e. The van der Waals surface area contributed by atoms with Crippen molar-refractivity contribution < 1.29 is 9.53 Å². The Morgan fingerprint density at radius 1 is 1.47 bits per heavy atom. The topological polar surface area (TPSA) is 50.4 Å². The van der Waals surface area contributed by atoms with Crippen LogP contribution in [0.15, 0.2) is 0 Å². The largest absolute Gasteiger partial charge is 0.378 e. The van der Waals surface area contributed by atoms with Crippen molar-refractivity contribution in [3.63, 3.8) is 0 Å². The van der Waals surface area contributed by atoms with Gasteiger partial charge in [-0.15, -0.1) is 0 Å². The molecule has 1 heterocycles. The Bertz CT molecular complexity index is 179. The van der Waals surface area contributed by atoms with Gasteiger partial charge in [-0.2, -0.15) is 0 Å². The molecule has 0 spiro atoms. The van der Waals surface area contributed by atoms with Gasteiger partial charge in [0.05, 0.1) is 6.10 Å². The second-order valence-electron chi connectivity index (χ2n) is 3.98. The number of hydrogen-bond donors (Lipinski definition) is 2. The molecule has 1 amide bonds. The molecule has 0 aromatic heterocycles.